The maximum Gasteiger partial charge on any atom is 0.200 e. The first-order valence-corrected chi connectivity index (χ1v) is 13.8. The molecular formula is C23H52O4Si. The molecule has 5 heteroatoms. The lowest BCUT2D eigenvalue weighted by Crippen LogP contribution is -2.47. The minimum absolute atomic E-state index is 0.123. The molecule has 0 bridgehead atoms. The van der Waals surface area contributed by atoms with Crippen molar-refractivity contribution in [2.45, 2.75) is 136 Å². The zero-order chi connectivity index (χ0) is 22.2. The molecule has 0 amide bonds. The number of hydrogen-bond donors (Lipinski definition) is 3. The van der Waals surface area contributed by atoms with Crippen molar-refractivity contribution in [2.75, 3.05) is 13.2 Å². The van der Waals surface area contributed by atoms with Gasteiger partial charge in [-0.1, -0.05) is 55.4 Å². The van der Waals surface area contributed by atoms with E-state index in [1.807, 2.05) is 13.8 Å². The minimum Gasteiger partial charge on any atom is -0.416 e. The number of hydrogen-bond acceptors (Lipinski definition) is 4. The summed E-state index contributed by atoms with van der Waals surface area (Å²) in [5, 5.41) is 26.9. The first-order chi connectivity index (χ1) is 13.1. The molecule has 0 rings (SSSR count). The van der Waals surface area contributed by atoms with Crippen molar-refractivity contribution in [1.29, 1.82) is 0 Å². The van der Waals surface area contributed by atoms with E-state index in [4.69, 9.17) is 14.6 Å². The van der Waals surface area contributed by atoms with Gasteiger partial charge in [-0.05, 0) is 68.0 Å². The number of aliphatic hydroxyl groups is 3. The highest BCUT2D eigenvalue weighted by Crippen LogP contribution is 2.42. The molecule has 0 saturated carbocycles. The molecule has 2 atom stereocenters. The van der Waals surface area contributed by atoms with Gasteiger partial charge in [-0.25, -0.2) is 0 Å². The van der Waals surface area contributed by atoms with Crippen LogP contribution in [0, 0.1) is 0 Å². The Morgan fingerprint density at radius 2 is 1.07 bits per heavy atom. The minimum atomic E-state index is -1.68. The van der Waals surface area contributed by atoms with Crippen molar-refractivity contribution in [2.24, 2.45) is 0 Å². The number of unbranched alkanes of at least 4 members (excludes halogenated alkanes) is 2. The van der Waals surface area contributed by atoms with Crippen molar-refractivity contribution in [3.8, 4) is 0 Å². The molecule has 0 heterocycles. The third-order valence-corrected chi connectivity index (χ3v) is 12.0. The van der Waals surface area contributed by atoms with Gasteiger partial charge in [0.1, 0.15) is 0 Å². The molecule has 0 aliphatic heterocycles. The van der Waals surface area contributed by atoms with Crippen LogP contribution in [0.5, 0.6) is 0 Å². The summed E-state index contributed by atoms with van der Waals surface area (Å²) in [6.45, 7) is 19.1. The summed E-state index contributed by atoms with van der Waals surface area (Å²) in [4.78, 5) is 0. The highest BCUT2D eigenvalue weighted by molar-refractivity contribution is 6.77. The quantitative estimate of drug-likeness (QED) is 0.223. The lowest BCUT2D eigenvalue weighted by atomic mass is 10.1. The van der Waals surface area contributed by atoms with E-state index in [9.17, 15) is 5.11 Å². The Kier molecular flexibility index (Phi) is 19.3. The van der Waals surface area contributed by atoms with Gasteiger partial charge in [0.25, 0.3) is 0 Å². The van der Waals surface area contributed by atoms with E-state index >= 15 is 0 Å². The van der Waals surface area contributed by atoms with Crippen LogP contribution in [0.2, 0.25) is 16.6 Å². The van der Waals surface area contributed by atoms with E-state index in [0.29, 0.717) is 16.6 Å². The van der Waals surface area contributed by atoms with E-state index in [1.54, 1.807) is 0 Å². The predicted octanol–water partition coefficient (Wildman–Crippen LogP) is 6.04. The molecular weight excluding hydrogens is 368 g/mol. The van der Waals surface area contributed by atoms with Crippen molar-refractivity contribution in [1.82, 2.24) is 0 Å². The SMILES string of the molecule is CCC(O)CCCCO.CCC(O)CCCCO[Si](C(C)C)(C(C)C)C(C)C. The maximum absolute atomic E-state index is 9.55. The van der Waals surface area contributed by atoms with Crippen molar-refractivity contribution in [3.05, 3.63) is 0 Å². The Balaban J connectivity index is 0. The molecule has 3 N–H and O–H groups in total. The Bertz CT molecular complexity index is 313. The van der Waals surface area contributed by atoms with E-state index in [-0.39, 0.29) is 18.8 Å². The van der Waals surface area contributed by atoms with E-state index in [0.717, 1.165) is 58.0 Å². The van der Waals surface area contributed by atoms with Crippen LogP contribution in [-0.2, 0) is 4.43 Å². The fourth-order valence-corrected chi connectivity index (χ4v) is 9.63. The van der Waals surface area contributed by atoms with Crippen molar-refractivity contribution < 1.29 is 19.7 Å². The summed E-state index contributed by atoms with van der Waals surface area (Å²) >= 11 is 0. The largest absolute Gasteiger partial charge is 0.416 e. The Hall–Kier alpha value is 0.0569. The van der Waals surface area contributed by atoms with Gasteiger partial charge in [0.2, 0.25) is 0 Å². The van der Waals surface area contributed by atoms with Crippen LogP contribution < -0.4 is 0 Å². The van der Waals surface area contributed by atoms with E-state index in [2.05, 4.69) is 41.5 Å². The Morgan fingerprint density at radius 3 is 1.39 bits per heavy atom. The van der Waals surface area contributed by atoms with Gasteiger partial charge in [-0.2, -0.15) is 0 Å². The second kappa shape index (κ2) is 17.9. The molecule has 0 saturated heterocycles. The highest BCUT2D eigenvalue weighted by atomic mass is 28.4. The van der Waals surface area contributed by atoms with Gasteiger partial charge in [-0.15, -0.1) is 0 Å². The molecule has 0 radical (unpaired) electrons. The number of aliphatic hydroxyl groups excluding tert-OH is 3. The van der Waals surface area contributed by atoms with Crippen molar-refractivity contribution >= 4 is 8.32 Å². The third-order valence-electron chi connectivity index (χ3n) is 5.88. The second-order valence-electron chi connectivity index (χ2n) is 9.01. The molecule has 2 unspecified atom stereocenters. The van der Waals surface area contributed by atoms with E-state index in [1.165, 1.54) is 0 Å². The molecule has 172 valence electrons. The van der Waals surface area contributed by atoms with Crippen molar-refractivity contribution in [3.63, 3.8) is 0 Å². The summed E-state index contributed by atoms with van der Waals surface area (Å²) < 4.78 is 6.49. The predicted molar refractivity (Wildman–Crippen MR) is 124 cm³/mol. The average molecular weight is 421 g/mol. The fraction of sp³-hybridized carbons (Fsp3) is 1.00. The molecule has 0 aromatic carbocycles. The van der Waals surface area contributed by atoms with Gasteiger partial charge in [0.05, 0.1) is 12.2 Å². The summed E-state index contributed by atoms with van der Waals surface area (Å²) in [7, 11) is -1.68. The van der Waals surface area contributed by atoms with Crippen LogP contribution >= 0.6 is 0 Å². The molecule has 0 fully saturated rings. The van der Waals surface area contributed by atoms with Gasteiger partial charge in [-0.3, -0.25) is 0 Å². The van der Waals surface area contributed by atoms with Crippen LogP contribution in [0.4, 0.5) is 0 Å². The maximum atomic E-state index is 9.55. The second-order valence-corrected chi connectivity index (χ2v) is 14.5. The monoisotopic (exact) mass is 420 g/mol. The zero-order valence-electron chi connectivity index (χ0n) is 20.2. The molecule has 4 nitrogen and oxygen atoms in total. The summed E-state index contributed by atoms with van der Waals surface area (Å²) in [5.41, 5.74) is 1.98. The Morgan fingerprint density at radius 1 is 0.679 bits per heavy atom. The molecule has 0 aliphatic rings. The Labute approximate surface area is 177 Å². The van der Waals surface area contributed by atoms with Crippen LogP contribution in [0.25, 0.3) is 0 Å². The van der Waals surface area contributed by atoms with Gasteiger partial charge >= 0.3 is 0 Å². The molecule has 0 aliphatic carbocycles. The van der Waals surface area contributed by atoms with Gasteiger partial charge in [0.15, 0.2) is 8.32 Å². The molecule has 0 spiro atoms. The zero-order valence-corrected chi connectivity index (χ0v) is 21.2. The smallest absolute Gasteiger partial charge is 0.200 e. The van der Waals surface area contributed by atoms with Gasteiger partial charge in [0, 0.05) is 13.2 Å². The summed E-state index contributed by atoms with van der Waals surface area (Å²) in [5.74, 6) is 0. The third kappa shape index (κ3) is 12.6. The molecule has 0 aromatic heterocycles. The highest BCUT2D eigenvalue weighted by Gasteiger charge is 2.44. The van der Waals surface area contributed by atoms with Crippen LogP contribution in [0.3, 0.4) is 0 Å². The average Bonchev–Trinajstić information content (AvgIpc) is 2.63. The van der Waals surface area contributed by atoms with Crippen LogP contribution in [0.15, 0.2) is 0 Å². The van der Waals surface area contributed by atoms with Crippen LogP contribution in [0.1, 0.15) is 107 Å². The van der Waals surface area contributed by atoms with Crippen LogP contribution in [-0.4, -0.2) is 49.1 Å². The normalized spacial score (nSPS) is 14.4. The topological polar surface area (TPSA) is 69.9 Å². The fourth-order valence-electron chi connectivity index (χ4n) is 4.13. The van der Waals surface area contributed by atoms with E-state index < -0.39 is 8.32 Å². The molecule has 0 aromatic rings. The summed E-state index contributed by atoms with van der Waals surface area (Å²) in [6, 6.07) is 0. The lowest BCUT2D eigenvalue weighted by Gasteiger charge is -2.42. The molecule has 28 heavy (non-hydrogen) atoms. The first-order valence-electron chi connectivity index (χ1n) is 11.7. The standard InChI is InChI=1S/C16H36O2Si.C7H16O2/c1-8-16(17)11-9-10-12-18-19(13(2)3,14(4)5)15(6)7;1-2-7(9)5-3-4-6-8/h13-17H,8-12H2,1-7H3;7-9H,2-6H2,1H3. The lowest BCUT2D eigenvalue weighted by molar-refractivity contribution is 0.152. The number of rotatable bonds is 15. The first kappa shape index (κ1) is 30.3. The van der Waals surface area contributed by atoms with Gasteiger partial charge < -0.3 is 19.7 Å². The summed E-state index contributed by atoms with van der Waals surface area (Å²) in [6.07, 6.45) is 7.07.